The number of sulfone groups is 1. The molecule has 4 rings (SSSR count). The average molecular weight is 410 g/mol. The molecule has 29 heavy (non-hydrogen) atoms. The summed E-state index contributed by atoms with van der Waals surface area (Å²) in [5, 5.41) is 7.04. The van der Waals surface area contributed by atoms with Crippen LogP contribution in [0.25, 0.3) is 5.69 Å². The molecule has 1 heterocycles. The molecule has 1 N–H and O–H groups in total. The van der Waals surface area contributed by atoms with Crippen LogP contribution in [0.3, 0.4) is 0 Å². The molecule has 2 aromatic carbocycles. The third-order valence-electron chi connectivity index (χ3n) is 5.23. The highest BCUT2D eigenvalue weighted by atomic mass is 32.2. The third kappa shape index (κ3) is 4.24. The molecule has 0 atom stereocenters. The normalized spacial score (nSPS) is 13.3. The lowest BCUT2D eigenvalue weighted by Gasteiger charge is -2.10. The van der Waals surface area contributed by atoms with E-state index in [1.807, 2.05) is 37.3 Å². The van der Waals surface area contributed by atoms with Gasteiger partial charge in [-0.3, -0.25) is 4.79 Å². The van der Waals surface area contributed by atoms with Crippen LogP contribution in [0.1, 0.15) is 29.7 Å². The van der Waals surface area contributed by atoms with E-state index in [1.165, 1.54) is 5.56 Å². The average Bonchev–Trinajstić information content (AvgIpc) is 3.34. The van der Waals surface area contributed by atoms with E-state index in [4.69, 9.17) is 0 Å². The molecular formula is C22H23N3O3S. The lowest BCUT2D eigenvalue weighted by molar-refractivity contribution is -0.115. The van der Waals surface area contributed by atoms with E-state index >= 15 is 0 Å². The number of nitrogens with one attached hydrogen (secondary N) is 1. The van der Waals surface area contributed by atoms with Gasteiger partial charge in [0.2, 0.25) is 5.91 Å². The van der Waals surface area contributed by atoms with Crippen molar-refractivity contribution in [2.75, 3.05) is 11.1 Å². The molecule has 6 nitrogen and oxygen atoms in total. The third-order valence-corrected chi connectivity index (χ3v) is 6.95. The fourth-order valence-electron chi connectivity index (χ4n) is 3.67. The Morgan fingerprint density at radius 2 is 1.93 bits per heavy atom. The second-order valence-corrected chi connectivity index (χ2v) is 9.44. The van der Waals surface area contributed by atoms with Gasteiger partial charge in [0.15, 0.2) is 9.84 Å². The minimum atomic E-state index is -3.49. The van der Waals surface area contributed by atoms with Crippen LogP contribution in [0, 0.1) is 6.92 Å². The molecule has 0 spiro atoms. The molecule has 0 aliphatic heterocycles. The lowest BCUT2D eigenvalue weighted by atomic mass is 10.1. The Morgan fingerprint density at radius 1 is 1.10 bits per heavy atom. The summed E-state index contributed by atoms with van der Waals surface area (Å²) in [6.45, 7) is 1.95. The summed E-state index contributed by atoms with van der Waals surface area (Å²) in [5.74, 6) is -0.542. The molecule has 1 aromatic heterocycles. The van der Waals surface area contributed by atoms with E-state index in [2.05, 4.69) is 10.4 Å². The number of anilines is 1. The van der Waals surface area contributed by atoms with Crippen molar-refractivity contribution in [2.45, 2.75) is 37.5 Å². The molecule has 0 saturated heterocycles. The number of nitrogens with zero attached hydrogens (tertiary/aromatic N) is 2. The van der Waals surface area contributed by atoms with E-state index in [1.54, 1.807) is 29.1 Å². The largest absolute Gasteiger partial charge is 0.326 e. The smallest absolute Gasteiger partial charge is 0.225 e. The summed E-state index contributed by atoms with van der Waals surface area (Å²) < 4.78 is 27.1. The van der Waals surface area contributed by atoms with E-state index in [0.717, 1.165) is 36.2 Å². The van der Waals surface area contributed by atoms with Crippen LogP contribution in [0.2, 0.25) is 0 Å². The van der Waals surface area contributed by atoms with Gasteiger partial charge in [0.25, 0.3) is 0 Å². The molecule has 0 radical (unpaired) electrons. The van der Waals surface area contributed by atoms with Crippen molar-refractivity contribution in [1.29, 1.82) is 0 Å². The number of fused-ring (bicyclic) bond motifs is 1. The first-order valence-electron chi connectivity index (χ1n) is 9.68. The Morgan fingerprint density at radius 3 is 2.72 bits per heavy atom. The topological polar surface area (TPSA) is 81.1 Å². The van der Waals surface area contributed by atoms with Gasteiger partial charge in [-0.05, 0) is 73.7 Å². The molecule has 1 aliphatic rings. The summed E-state index contributed by atoms with van der Waals surface area (Å²) in [7, 11) is -3.49. The first kappa shape index (κ1) is 19.4. The van der Waals surface area contributed by atoms with Gasteiger partial charge in [0.05, 0.1) is 16.3 Å². The Balaban J connectivity index is 1.41. The molecular weight excluding hydrogens is 386 g/mol. The number of carbonyl (C=O) groups is 1. The van der Waals surface area contributed by atoms with Crippen molar-refractivity contribution in [1.82, 2.24) is 9.78 Å². The summed E-state index contributed by atoms with van der Waals surface area (Å²) in [5.41, 5.74) is 4.76. The number of hydrogen-bond donors (Lipinski definition) is 1. The van der Waals surface area contributed by atoms with Crippen LogP contribution in [0.5, 0.6) is 0 Å². The first-order valence-corrected chi connectivity index (χ1v) is 11.3. The Bertz CT molecular complexity index is 1170. The van der Waals surface area contributed by atoms with Crippen LogP contribution in [-0.2, 0) is 27.5 Å². The van der Waals surface area contributed by atoms with Gasteiger partial charge in [-0.15, -0.1) is 0 Å². The van der Waals surface area contributed by atoms with E-state index in [9.17, 15) is 13.2 Å². The number of carbonyl (C=O) groups excluding carboxylic acids is 1. The van der Waals surface area contributed by atoms with Crippen molar-refractivity contribution < 1.29 is 13.2 Å². The molecule has 150 valence electrons. The highest BCUT2D eigenvalue weighted by Gasteiger charge is 2.20. The fraction of sp³-hybridized carbons (Fsp3) is 0.273. The molecule has 7 heteroatoms. The highest BCUT2D eigenvalue weighted by Crippen LogP contribution is 2.25. The Hall–Kier alpha value is -2.93. The number of hydrogen-bond acceptors (Lipinski definition) is 4. The monoisotopic (exact) mass is 409 g/mol. The maximum atomic E-state index is 12.6. The number of benzene rings is 2. The zero-order valence-electron chi connectivity index (χ0n) is 16.3. The maximum Gasteiger partial charge on any atom is 0.225 e. The first-order chi connectivity index (χ1) is 13.9. The minimum Gasteiger partial charge on any atom is -0.326 e. The highest BCUT2D eigenvalue weighted by molar-refractivity contribution is 7.91. The summed E-state index contributed by atoms with van der Waals surface area (Å²) in [6, 6.07) is 14.5. The van der Waals surface area contributed by atoms with Crippen LogP contribution in [0.15, 0.2) is 59.6 Å². The standard InChI is InChI=1S/C22H23N3O3S/c1-16-10-12-23-25(16)20-7-3-6-19(15-20)24-22(26)11-13-29(27,28)21-9-8-17-4-2-5-18(17)14-21/h3,6-10,12,14-15H,2,4-5,11,13H2,1H3,(H,24,26). The Labute approximate surface area is 170 Å². The van der Waals surface area contributed by atoms with Gasteiger partial charge >= 0.3 is 0 Å². The molecule has 1 aliphatic carbocycles. The van der Waals surface area contributed by atoms with Crippen molar-refractivity contribution in [3.8, 4) is 5.69 Å². The number of rotatable bonds is 6. The zero-order valence-corrected chi connectivity index (χ0v) is 17.1. The van der Waals surface area contributed by atoms with Gasteiger partial charge in [-0.1, -0.05) is 12.1 Å². The lowest BCUT2D eigenvalue weighted by Crippen LogP contribution is -2.17. The fourth-order valence-corrected chi connectivity index (χ4v) is 4.95. The zero-order chi connectivity index (χ0) is 20.4. The quantitative estimate of drug-likeness (QED) is 0.676. The van der Waals surface area contributed by atoms with E-state index in [-0.39, 0.29) is 18.1 Å². The summed E-state index contributed by atoms with van der Waals surface area (Å²) >= 11 is 0. The van der Waals surface area contributed by atoms with Crippen LogP contribution < -0.4 is 5.32 Å². The predicted molar refractivity (Wildman–Crippen MR) is 112 cm³/mol. The molecule has 0 fully saturated rings. The summed E-state index contributed by atoms with van der Waals surface area (Å²) in [4.78, 5) is 12.7. The second kappa shape index (κ2) is 7.83. The minimum absolute atomic E-state index is 0.0928. The molecule has 0 bridgehead atoms. The Kier molecular flexibility index (Phi) is 5.24. The molecule has 0 unspecified atom stereocenters. The predicted octanol–water partition coefficient (Wildman–Crippen LogP) is 3.47. The number of aromatic nitrogens is 2. The van der Waals surface area contributed by atoms with Gasteiger partial charge in [-0.2, -0.15) is 5.10 Å². The van der Waals surface area contributed by atoms with Crippen molar-refractivity contribution in [3.63, 3.8) is 0 Å². The van der Waals surface area contributed by atoms with Crippen LogP contribution >= 0.6 is 0 Å². The van der Waals surface area contributed by atoms with E-state index in [0.29, 0.717) is 10.6 Å². The molecule has 3 aromatic rings. The van der Waals surface area contributed by atoms with Crippen LogP contribution in [0.4, 0.5) is 5.69 Å². The molecule has 1 amide bonds. The second-order valence-electron chi connectivity index (χ2n) is 7.34. The number of amides is 1. The van der Waals surface area contributed by atoms with Gasteiger partial charge in [-0.25, -0.2) is 13.1 Å². The van der Waals surface area contributed by atoms with Crippen molar-refractivity contribution >= 4 is 21.4 Å². The van der Waals surface area contributed by atoms with Gasteiger partial charge in [0, 0.05) is 24.0 Å². The summed E-state index contributed by atoms with van der Waals surface area (Å²) in [6.07, 6.45) is 4.62. The van der Waals surface area contributed by atoms with Gasteiger partial charge in [0.1, 0.15) is 0 Å². The van der Waals surface area contributed by atoms with E-state index < -0.39 is 9.84 Å². The van der Waals surface area contributed by atoms with Crippen molar-refractivity contribution in [3.05, 3.63) is 71.5 Å². The maximum absolute atomic E-state index is 12.6. The SMILES string of the molecule is Cc1ccnn1-c1cccc(NC(=O)CCS(=O)(=O)c2ccc3c(c2)CCC3)c1. The van der Waals surface area contributed by atoms with Gasteiger partial charge < -0.3 is 5.32 Å². The number of aryl methyl sites for hydroxylation is 3. The molecule has 0 saturated carbocycles. The van der Waals surface area contributed by atoms with Crippen molar-refractivity contribution in [2.24, 2.45) is 0 Å². The van der Waals surface area contributed by atoms with Crippen LogP contribution in [-0.4, -0.2) is 29.9 Å².